The smallest absolute Gasteiger partial charge is 0.229 e. The highest BCUT2D eigenvalue weighted by Gasteiger charge is 2.41. The van der Waals surface area contributed by atoms with E-state index in [9.17, 15) is 8.42 Å². The van der Waals surface area contributed by atoms with E-state index >= 15 is 0 Å². The van der Waals surface area contributed by atoms with Crippen LogP contribution in [0.2, 0.25) is 0 Å². The van der Waals surface area contributed by atoms with Crippen molar-refractivity contribution in [1.82, 2.24) is 15.3 Å². The molecule has 156 valence electrons. The molecule has 1 aliphatic heterocycles. The molecule has 10 heteroatoms. The summed E-state index contributed by atoms with van der Waals surface area (Å²) in [6, 6.07) is 14.5. The van der Waals surface area contributed by atoms with Gasteiger partial charge < -0.3 is 19.9 Å². The molecule has 1 aromatic carbocycles. The molecule has 8 nitrogen and oxygen atoms in total. The number of thiocarbonyl (C=S) groups is 1. The van der Waals surface area contributed by atoms with E-state index in [-0.39, 0.29) is 12.1 Å². The molecule has 0 amide bonds. The van der Waals surface area contributed by atoms with Crippen molar-refractivity contribution in [3.8, 4) is 5.75 Å². The van der Waals surface area contributed by atoms with E-state index in [2.05, 4.69) is 20.0 Å². The van der Waals surface area contributed by atoms with Gasteiger partial charge in [-0.3, -0.25) is 9.71 Å². The summed E-state index contributed by atoms with van der Waals surface area (Å²) in [6.45, 7) is 0. The molecule has 1 fully saturated rings. The van der Waals surface area contributed by atoms with Gasteiger partial charge in [0, 0.05) is 23.8 Å². The Morgan fingerprint density at radius 3 is 2.67 bits per heavy atom. The fourth-order valence-electron chi connectivity index (χ4n) is 3.60. The number of hydrogen-bond acceptors (Lipinski definition) is 5. The second-order valence-corrected chi connectivity index (χ2v) is 9.02. The molecule has 4 rings (SSSR count). The number of H-pyrrole nitrogens is 1. The van der Waals surface area contributed by atoms with Crippen LogP contribution in [0.4, 0.5) is 11.4 Å². The Hall–Kier alpha value is -3.11. The topological polar surface area (TPSA) is 99.3 Å². The highest BCUT2D eigenvalue weighted by Crippen LogP contribution is 2.42. The number of ether oxygens (including phenoxy) is 1. The lowest BCUT2D eigenvalue weighted by atomic mass is 10.0. The van der Waals surface area contributed by atoms with E-state index in [1.54, 1.807) is 18.3 Å². The van der Waals surface area contributed by atoms with Crippen molar-refractivity contribution >= 4 is 38.7 Å². The van der Waals surface area contributed by atoms with Crippen LogP contribution < -0.4 is 19.7 Å². The number of hydrogen-bond donors (Lipinski definition) is 3. The fourth-order valence-corrected chi connectivity index (χ4v) is 4.51. The summed E-state index contributed by atoms with van der Waals surface area (Å²) in [6.07, 6.45) is 4.70. The zero-order chi connectivity index (χ0) is 21.3. The van der Waals surface area contributed by atoms with Crippen LogP contribution in [-0.4, -0.2) is 36.9 Å². The van der Waals surface area contributed by atoms with Gasteiger partial charge in [-0.25, -0.2) is 8.42 Å². The first-order valence-electron chi connectivity index (χ1n) is 9.17. The summed E-state index contributed by atoms with van der Waals surface area (Å²) in [5.41, 5.74) is 2.86. The summed E-state index contributed by atoms with van der Waals surface area (Å²) < 4.78 is 31.5. The molecule has 2 unspecified atom stereocenters. The normalized spacial score (nSPS) is 18.9. The van der Waals surface area contributed by atoms with Gasteiger partial charge in [-0.05, 0) is 54.7 Å². The van der Waals surface area contributed by atoms with Crippen molar-refractivity contribution in [3.63, 3.8) is 0 Å². The van der Waals surface area contributed by atoms with Crippen molar-refractivity contribution in [3.05, 3.63) is 72.3 Å². The second-order valence-electron chi connectivity index (χ2n) is 6.88. The fraction of sp³-hybridized carbons (Fsp3) is 0.200. The molecule has 2 atom stereocenters. The van der Waals surface area contributed by atoms with Gasteiger partial charge in [-0.1, -0.05) is 6.07 Å². The van der Waals surface area contributed by atoms with Crippen LogP contribution in [0, 0.1) is 0 Å². The summed E-state index contributed by atoms with van der Waals surface area (Å²) in [5, 5.41) is 3.87. The van der Waals surface area contributed by atoms with Crippen LogP contribution >= 0.6 is 12.2 Å². The molecule has 0 spiro atoms. The number of methoxy groups -OCH3 is 1. The molecule has 2 aromatic heterocycles. The van der Waals surface area contributed by atoms with Gasteiger partial charge >= 0.3 is 0 Å². The van der Waals surface area contributed by atoms with Crippen LogP contribution in [0.1, 0.15) is 23.5 Å². The Morgan fingerprint density at radius 1 is 1.20 bits per heavy atom. The molecule has 3 aromatic rings. The Kier molecular flexibility index (Phi) is 5.35. The van der Waals surface area contributed by atoms with E-state index in [1.807, 2.05) is 47.5 Å². The average molecular weight is 444 g/mol. The predicted octanol–water partition coefficient (Wildman–Crippen LogP) is 2.97. The third-order valence-electron chi connectivity index (χ3n) is 4.80. The lowest BCUT2D eigenvalue weighted by Crippen LogP contribution is -2.29. The minimum absolute atomic E-state index is 0.189. The van der Waals surface area contributed by atoms with Crippen LogP contribution in [0.3, 0.4) is 0 Å². The number of benzene rings is 1. The van der Waals surface area contributed by atoms with Crippen molar-refractivity contribution in [2.45, 2.75) is 12.1 Å². The van der Waals surface area contributed by atoms with Gasteiger partial charge in [0.05, 0.1) is 30.8 Å². The molecule has 0 saturated carbocycles. The van der Waals surface area contributed by atoms with Gasteiger partial charge in [-0.2, -0.15) is 0 Å². The molecule has 3 heterocycles. The Bertz CT molecular complexity index is 1150. The van der Waals surface area contributed by atoms with Crippen molar-refractivity contribution in [2.75, 3.05) is 23.0 Å². The maximum atomic E-state index is 11.8. The molecule has 1 aliphatic rings. The molecular weight excluding hydrogens is 422 g/mol. The largest absolute Gasteiger partial charge is 0.495 e. The minimum atomic E-state index is -3.49. The molecule has 0 aliphatic carbocycles. The highest BCUT2D eigenvalue weighted by molar-refractivity contribution is 7.92. The molecule has 3 N–H and O–H groups in total. The third kappa shape index (κ3) is 3.96. The Balaban J connectivity index is 1.80. The number of nitrogens with zero attached hydrogens (tertiary/aromatic N) is 2. The van der Waals surface area contributed by atoms with Gasteiger partial charge in [0.2, 0.25) is 10.0 Å². The van der Waals surface area contributed by atoms with Crippen LogP contribution in [0.5, 0.6) is 5.75 Å². The average Bonchev–Trinajstić information content (AvgIpc) is 3.35. The summed E-state index contributed by atoms with van der Waals surface area (Å²) in [5.74, 6) is 0.417. The number of pyridine rings is 1. The van der Waals surface area contributed by atoms with Crippen molar-refractivity contribution < 1.29 is 13.2 Å². The van der Waals surface area contributed by atoms with E-state index in [0.29, 0.717) is 16.5 Å². The number of aromatic amines is 1. The number of aromatic nitrogens is 2. The van der Waals surface area contributed by atoms with Gasteiger partial charge in [0.1, 0.15) is 11.8 Å². The minimum Gasteiger partial charge on any atom is -0.495 e. The lowest BCUT2D eigenvalue weighted by molar-refractivity contribution is 0.417. The molecular formula is C20H21N5O3S2. The zero-order valence-electron chi connectivity index (χ0n) is 16.4. The van der Waals surface area contributed by atoms with Crippen LogP contribution in [0.25, 0.3) is 0 Å². The summed E-state index contributed by atoms with van der Waals surface area (Å²) in [4.78, 5) is 9.72. The summed E-state index contributed by atoms with van der Waals surface area (Å²) in [7, 11) is -2.00. The first-order valence-corrected chi connectivity index (χ1v) is 11.5. The summed E-state index contributed by atoms with van der Waals surface area (Å²) >= 11 is 5.67. The van der Waals surface area contributed by atoms with Gasteiger partial charge in [0.15, 0.2) is 5.11 Å². The maximum Gasteiger partial charge on any atom is 0.229 e. The third-order valence-corrected chi connectivity index (χ3v) is 5.70. The monoisotopic (exact) mass is 443 g/mol. The lowest BCUT2D eigenvalue weighted by Gasteiger charge is -2.27. The number of nitrogens with one attached hydrogen (secondary N) is 3. The molecule has 1 saturated heterocycles. The Labute approximate surface area is 180 Å². The SMILES string of the molecule is COc1ccc(N2C(=S)NC(c3ccccn3)C2c2ccc[nH]2)cc1NS(C)(=O)=O. The van der Waals surface area contributed by atoms with Gasteiger partial charge in [0.25, 0.3) is 0 Å². The zero-order valence-corrected chi connectivity index (χ0v) is 18.0. The van der Waals surface area contributed by atoms with Crippen molar-refractivity contribution in [2.24, 2.45) is 0 Å². The number of sulfonamides is 1. The van der Waals surface area contributed by atoms with Crippen LogP contribution in [0.15, 0.2) is 60.9 Å². The van der Waals surface area contributed by atoms with E-state index < -0.39 is 10.0 Å². The number of rotatable bonds is 6. The molecule has 0 bridgehead atoms. The first-order chi connectivity index (χ1) is 14.4. The molecule has 30 heavy (non-hydrogen) atoms. The second kappa shape index (κ2) is 7.96. The standard InChI is InChI=1S/C20H21N5O3S2/c1-28-17-9-8-13(12-16(17)24-30(2,26)27)25-19(15-7-5-11-22-15)18(23-20(25)29)14-6-3-4-10-21-14/h3-12,18-19,22,24H,1-2H3,(H,23,29). The Morgan fingerprint density at radius 2 is 2.03 bits per heavy atom. The van der Waals surface area contributed by atoms with Gasteiger partial charge in [-0.15, -0.1) is 0 Å². The predicted molar refractivity (Wildman–Crippen MR) is 120 cm³/mol. The molecule has 0 radical (unpaired) electrons. The highest BCUT2D eigenvalue weighted by atomic mass is 32.2. The number of anilines is 2. The quantitative estimate of drug-likeness (QED) is 0.504. The van der Waals surface area contributed by atoms with E-state index in [0.717, 1.165) is 23.3 Å². The first kappa shape index (κ1) is 20.2. The van der Waals surface area contributed by atoms with Crippen molar-refractivity contribution in [1.29, 1.82) is 0 Å². The van der Waals surface area contributed by atoms with Crippen LogP contribution in [-0.2, 0) is 10.0 Å². The van der Waals surface area contributed by atoms with E-state index in [1.165, 1.54) is 7.11 Å². The van der Waals surface area contributed by atoms with E-state index in [4.69, 9.17) is 17.0 Å². The maximum absolute atomic E-state index is 11.8.